The van der Waals surface area contributed by atoms with Gasteiger partial charge in [-0.3, -0.25) is 0 Å². The SMILES string of the molecule is C1=CC2c3cc4c(cc3N(c3cc(-c5ccccc5)cc(-c5ccccc5)c3)C2C=C1)C1(c2ccccc2O4)c2ccccc2-n2c3ccccc3c3cccc1c32. The van der Waals surface area contributed by atoms with Crippen molar-refractivity contribution < 1.29 is 4.74 Å². The van der Waals surface area contributed by atoms with Crippen LogP contribution < -0.4 is 9.64 Å². The lowest BCUT2D eigenvalue weighted by molar-refractivity contribution is 0.433. The van der Waals surface area contributed by atoms with Gasteiger partial charge in [0.25, 0.3) is 0 Å². The molecule has 3 unspecified atom stereocenters. The second kappa shape index (κ2) is 11.8. The first kappa shape index (κ1) is 31.8. The van der Waals surface area contributed by atoms with Crippen molar-refractivity contribution in [3.63, 3.8) is 0 Å². The lowest BCUT2D eigenvalue weighted by Crippen LogP contribution is -2.38. The van der Waals surface area contributed by atoms with E-state index in [1.54, 1.807) is 0 Å². The minimum atomic E-state index is -0.647. The normalized spacial score (nSPS) is 19.1. The fourth-order valence-electron chi connectivity index (χ4n) is 10.8. The van der Waals surface area contributed by atoms with Crippen LogP contribution in [0, 0.1) is 0 Å². The summed E-state index contributed by atoms with van der Waals surface area (Å²) in [5.74, 6) is 1.98. The highest BCUT2D eigenvalue weighted by Crippen LogP contribution is 2.63. The largest absolute Gasteiger partial charge is 0.457 e. The Morgan fingerprint density at radius 2 is 1.10 bits per heavy atom. The van der Waals surface area contributed by atoms with E-state index in [0.717, 1.165) is 17.1 Å². The van der Waals surface area contributed by atoms with Crippen LogP contribution in [0.5, 0.6) is 11.5 Å². The summed E-state index contributed by atoms with van der Waals surface area (Å²) in [7, 11) is 0. The fourth-order valence-corrected chi connectivity index (χ4v) is 10.8. The van der Waals surface area contributed by atoms with E-state index in [-0.39, 0.29) is 12.0 Å². The highest BCUT2D eigenvalue weighted by atomic mass is 16.5. The van der Waals surface area contributed by atoms with Gasteiger partial charge in [0, 0.05) is 39.2 Å². The highest BCUT2D eigenvalue weighted by molar-refractivity contribution is 6.12. The van der Waals surface area contributed by atoms with E-state index in [0.29, 0.717) is 0 Å². The van der Waals surface area contributed by atoms with E-state index < -0.39 is 5.41 Å². The van der Waals surface area contributed by atoms with E-state index >= 15 is 0 Å². The van der Waals surface area contributed by atoms with Gasteiger partial charge in [-0.2, -0.15) is 0 Å². The summed E-state index contributed by atoms with van der Waals surface area (Å²) in [5.41, 5.74) is 16.4. The lowest BCUT2D eigenvalue weighted by atomic mass is 9.61. The average molecular weight is 741 g/mol. The van der Waals surface area contributed by atoms with Crippen molar-refractivity contribution in [3.05, 3.63) is 234 Å². The third kappa shape index (κ3) is 4.17. The molecule has 0 saturated carbocycles. The summed E-state index contributed by atoms with van der Waals surface area (Å²) in [6.45, 7) is 0. The summed E-state index contributed by atoms with van der Waals surface area (Å²) in [6.07, 6.45) is 9.17. The molecule has 1 aromatic heterocycles. The number of rotatable bonds is 3. The zero-order chi connectivity index (χ0) is 38.0. The van der Waals surface area contributed by atoms with E-state index in [4.69, 9.17) is 4.74 Å². The number of benzene rings is 8. The molecule has 4 heterocycles. The Morgan fingerprint density at radius 3 is 1.91 bits per heavy atom. The zero-order valence-corrected chi connectivity index (χ0v) is 31.6. The van der Waals surface area contributed by atoms with Crippen LogP contribution in [0.3, 0.4) is 0 Å². The Kier molecular flexibility index (Phi) is 6.49. The van der Waals surface area contributed by atoms with E-state index in [1.807, 2.05) is 0 Å². The molecule has 1 aliphatic carbocycles. The molecule has 0 N–H and O–H groups in total. The van der Waals surface area contributed by atoms with Crippen LogP contribution in [0.15, 0.2) is 206 Å². The Labute approximate surface area is 337 Å². The summed E-state index contributed by atoms with van der Waals surface area (Å²) in [4.78, 5) is 2.60. The number of para-hydroxylation sites is 4. The van der Waals surface area contributed by atoms with Gasteiger partial charge in [0.2, 0.25) is 0 Å². The quantitative estimate of drug-likeness (QED) is 0.179. The lowest BCUT2D eigenvalue weighted by Gasteiger charge is -2.45. The molecule has 3 heteroatoms. The van der Waals surface area contributed by atoms with Crippen molar-refractivity contribution in [1.29, 1.82) is 0 Å². The van der Waals surface area contributed by atoms with Crippen LogP contribution in [0.2, 0.25) is 0 Å². The third-order valence-electron chi connectivity index (χ3n) is 13.1. The van der Waals surface area contributed by atoms with Crippen molar-refractivity contribution in [2.75, 3.05) is 4.90 Å². The molecule has 8 aromatic carbocycles. The number of hydrogen-bond acceptors (Lipinski definition) is 2. The highest BCUT2D eigenvalue weighted by Gasteiger charge is 2.52. The summed E-state index contributed by atoms with van der Waals surface area (Å²) < 4.78 is 9.60. The zero-order valence-electron chi connectivity index (χ0n) is 31.6. The molecule has 58 heavy (non-hydrogen) atoms. The fraction of sp³-hybridized carbons (Fsp3) is 0.0545. The Morgan fingerprint density at radius 1 is 0.448 bits per heavy atom. The van der Waals surface area contributed by atoms with E-state index in [1.165, 1.54) is 83.4 Å². The number of allylic oxidation sites excluding steroid dienone is 2. The predicted octanol–water partition coefficient (Wildman–Crippen LogP) is 13.6. The second-order valence-electron chi connectivity index (χ2n) is 16.0. The average Bonchev–Trinajstić information content (AvgIpc) is 3.81. The van der Waals surface area contributed by atoms with Gasteiger partial charge in [-0.1, -0.05) is 158 Å². The topological polar surface area (TPSA) is 17.4 Å². The molecule has 3 aliphatic heterocycles. The maximum absolute atomic E-state index is 7.10. The molecular formula is C55H36N2O. The van der Waals surface area contributed by atoms with Crippen molar-refractivity contribution in [2.45, 2.75) is 17.4 Å². The minimum Gasteiger partial charge on any atom is -0.457 e. The van der Waals surface area contributed by atoms with Crippen LogP contribution in [0.1, 0.15) is 33.7 Å². The molecule has 3 atom stereocenters. The van der Waals surface area contributed by atoms with Crippen molar-refractivity contribution in [1.82, 2.24) is 4.57 Å². The number of ether oxygens (including phenoxy) is 1. The molecule has 13 rings (SSSR count). The van der Waals surface area contributed by atoms with Gasteiger partial charge < -0.3 is 14.2 Å². The predicted molar refractivity (Wildman–Crippen MR) is 237 cm³/mol. The first-order valence-corrected chi connectivity index (χ1v) is 20.3. The van der Waals surface area contributed by atoms with Crippen LogP contribution >= 0.6 is 0 Å². The molecule has 0 bridgehead atoms. The van der Waals surface area contributed by atoms with Crippen molar-refractivity contribution in [3.8, 4) is 39.4 Å². The number of nitrogens with zero attached hydrogens (tertiary/aromatic N) is 2. The van der Waals surface area contributed by atoms with Crippen LogP contribution in [0.4, 0.5) is 11.4 Å². The minimum absolute atomic E-state index is 0.0985. The first-order valence-electron chi connectivity index (χ1n) is 20.3. The van der Waals surface area contributed by atoms with Gasteiger partial charge in [0.05, 0.1) is 28.2 Å². The van der Waals surface area contributed by atoms with Crippen molar-refractivity contribution in [2.24, 2.45) is 0 Å². The monoisotopic (exact) mass is 740 g/mol. The van der Waals surface area contributed by atoms with Gasteiger partial charge in [0.1, 0.15) is 11.5 Å². The van der Waals surface area contributed by atoms with Crippen LogP contribution in [-0.4, -0.2) is 10.6 Å². The molecule has 3 nitrogen and oxygen atoms in total. The smallest absolute Gasteiger partial charge is 0.132 e. The number of anilines is 2. The maximum atomic E-state index is 7.10. The van der Waals surface area contributed by atoms with Crippen LogP contribution in [-0.2, 0) is 5.41 Å². The number of aromatic nitrogens is 1. The molecule has 4 aliphatic rings. The van der Waals surface area contributed by atoms with Gasteiger partial charge in [-0.25, -0.2) is 0 Å². The molecule has 0 fully saturated rings. The summed E-state index contributed by atoms with van der Waals surface area (Å²) in [5, 5.41) is 2.53. The molecule has 0 radical (unpaired) electrons. The second-order valence-corrected chi connectivity index (χ2v) is 16.0. The van der Waals surface area contributed by atoms with Crippen LogP contribution in [0.25, 0.3) is 49.7 Å². The molecule has 1 spiro atoms. The van der Waals surface area contributed by atoms with Gasteiger partial charge >= 0.3 is 0 Å². The van der Waals surface area contributed by atoms with Gasteiger partial charge in [-0.05, 0) is 87.5 Å². The molecule has 0 amide bonds. The standard InChI is InChI=1S/C55H36N2O/c1-3-16-35(17-4-1)37-30-38(36-18-5-2-6-19-36)32-39(31-37)56-48-26-11-8-21-41(48)43-33-53-47(34-51(43)56)55(45-24-10-14-29-52(45)58-53)44-23-9-13-28-50(44)57-49-27-12-7-20-40(49)42-22-15-25-46(55)54(42)57/h1-34,41,48H. The van der Waals surface area contributed by atoms with Gasteiger partial charge in [0.15, 0.2) is 0 Å². The third-order valence-corrected chi connectivity index (χ3v) is 13.1. The molecule has 9 aromatic rings. The number of fused-ring (bicyclic) bond motifs is 14. The number of hydrogen-bond donors (Lipinski definition) is 0. The molecule has 272 valence electrons. The van der Waals surface area contributed by atoms with Crippen molar-refractivity contribution >= 4 is 33.2 Å². The Bertz CT molecular complexity index is 3170. The molecular weight excluding hydrogens is 705 g/mol. The Hall–Kier alpha value is -7.36. The van der Waals surface area contributed by atoms with Gasteiger partial charge in [-0.15, -0.1) is 0 Å². The summed E-state index contributed by atoms with van der Waals surface area (Å²) in [6, 6.07) is 67.2. The first-order chi connectivity index (χ1) is 28.8. The van der Waals surface area contributed by atoms with E-state index in [9.17, 15) is 0 Å². The maximum Gasteiger partial charge on any atom is 0.132 e. The Balaban J connectivity index is 1.13. The summed E-state index contributed by atoms with van der Waals surface area (Å²) >= 11 is 0. The molecule has 0 saturated heterocycles. The van der Waals surface area contributed by atoms with E-state index in [2.05, 4.69) is 216 Å².